The summed E-state index contributed by atoms with van der Waals surface area (Å²) in [5.74, 6) is 0.320. The maximum atomic E-state index is 12.9. The van der Waals surface area contributed by atoms with Crippen molar-refractivity contribution in [2.45, 2.75) is 32.8 Å². The molecule has 2 aliphatic rings. The fourth-order valence-corrected chi connectivity index (χ4v) is 4.92. The fourth-order valence-electron chi connectivity index (χ4n) is 4.08. The topological polar surface area (TPSA) is 99.9 Å². The van der Waals surface area contributed by atoms with Gasteiger partial charge in [0.15, 0.2) is 11.5 Å². The lowest BCUT2D eigenvalue weighted by atomic mass is 10.1. The predicted octanol–water partition coefficient (Wildman–Crippen LogP) is 4.58. The van der Waals surface area contributed by atoms with E-state index in [0.717, 1.165) is 41.5 Å². The molecular formula is C27H27N3O5S. The SMILES string of the molecule is CCOc1cc(/C=C2/SC(=O)N(CC(=O)N3CCCCC3)C2=O)ccc1OCc1ccccc1C#N. The van der Waals surface area contributed by atoms with Crippen LogP contribution in [0.2, 0.25) is 0 Å². The first kappa shape index (κ1) is 25.3. The minimum absolute atomic E-state index is 0.198. The molecule has 2 aromatic rings. The quantitative estimate of drug-likeness (QED) is 0.484. The summed E-state index contributed by atoms with van der Waals surface area (Å²) >= 11 is 0.825. The Hall–Kier alpha value is -3.77. The number of nitriles is 1. The molecule has 2 saturated heterocycles. The summed E-state index contributed by atoms with van der Waals surface area (Å²) < 4.78 is 11.7. The Morgan fingerprint density at radius 1 is 1.08 bits per heavy atom. The zero-order valence-corrected chi connectivity index (χ0v) is 20.9. The number of carbonyl (C=O) groups excluding carboxylic acids is 3. The number of rotatable bonds is 8. The van der Waals surface area contributed by atoms with Gasteiger partial charge in [-0.3, -0.25) is 19.3 Å². The molecule has 36 heavy (non-hydrogen) atoms. The maximum Gasteiger partial charge on any atom is 0.294 e. The molecule has 2 aromatic carbocycles. The van der Waals surface area contributed by atoms with Gasteiger partial charge in [-0.2, -0.15) is 5.26 Å². The Labute approximate surface area is 214 Å². The smallest absolute Gasteiger partial charge is 0.294 e. The van der Waals surface area contributed by atoms with Crippen LogP contribution in [-0.2, 0) is 16.2 Å². The first-order valence-corrected chi connectivity index (χ1v) is 12.7. The van der Waals surface area contributed by atoms with Crippen LogP contribution >= 0.6 is 11.8 Å². The van der Waals surface area contributed by atoms with Crippen LogP contribution in [0, 0.1) is 11.3 Å². The molecule has 9 heteroatoms. The average molecular weight is 506 g/mol. The monoisotopic (exact) mass is 505 g/mol. The summed E-state index contributed by atoms with van der Waals surface area (Å²) in [6.07, 6.45) is 4.60. The van der Waals surface area contributed by atoms with Crippen molar-refractivity contribution in [2.24, 2.45) is 0 Å². The van der Waals surface area contributed by atoms with Crippen molar-refractivity contribution in [3.05, 3.63) is 64.1 Å². The highest BCUT2D eigenvalue weighted by Crippen LogP contribution is 2.35. The number of carbonyl (C=O) groups is 3. The number of nitrogens with zero attached hydrogens (tertiary/aromatic N) is 3. The number of imide groups is 1. The number of ether oxygens (including phenoxy) is 2. The number of hydrogen-bond donors (Lipinski definition) is 0. The van der Waals surface area contributed by atoms with Crippen molar-refractivity contribution in [1.82, 2.24) is 9.80 Å². The van der Waals surface area contributed by atoms with Crippen LogP contribution in [0.25, 0.3) is 6.08 Å². The van der Waals surface area contributed by atoms with E-state index in [-0.39, 0.29) is 24.0 Å². The standard InChI is InChI=1S/C27H27N3O5S/c1-2-34-23-14-19(10-11-22(23)35-18-21-9-5-4-8-20(21)16-28)15-24-26(32)30(27(33)36-24)17-25(31)29-12-6-3-7-13-29/h4-5,8-11,14-15H,2-3,6-7,12-13,17-18H2,1H3/b24-15+. The summed E-state index contributed by atoms with van der Waals surface area (Å²) in [5.41, 5.74) is 1.97. The van der Waals surface area contributed by atoms with Gasteiger partial charge in [0.2, 0.25) is 5.91 Å². The van der Waals surface area contributed by atoms with Crippen LogP contribution in [0.5, 0.6) is 11.5 Å². The van der Waals surface area contributed by atoms with E-state index < -0.39 is 11.1 Å². The molecule has 0 radical (unpaired) electrons. The Balaban J connectivity index is 1.47. The van der Waals surface area contributed by atoms with E-state index in [2.05, 4.69) is 6.07 Å². The van der Waals surface area contributed by atoms with Crippen molar-refractivity contribution in [3.63, 3.8) is 0 Å². The third-order valence-electron chi connectivity index (χ3n) is 5.96. The van der Waals surface area contributed by atoms with E-state index in [1.165, 1.54) is 0 Å². The number of hydrogen-bond acceptors (Lipinski definition) is 7. The molecule has 2 aliphatic heterocycles. The van der Waals surface area contributed by atoms with Crippen LogP contribution in [0.4, 0.5) is 4.79 Å². The van der Waals surface area contributed by atoms with Crippen LogP contribution in [0.3, 0.4) is 0 Å². The minimum Gasteiger partial charge on any atom is -0.490 e. The molecule has 0 bridgehead atoms. The second-order valence-corrected chi connectivity index (χ2v) is 9.40. The van der Waals surface area contributed by atoms with E-state index in [0.29, 0.717) is 42.3 Å². The molecule has 0 N–H and O–H groups in total. The largest absolute Gasteiger partial charge is 0.490 e. The van der Waals surface area contributed by atoms with Crippen LogP contribution in [-0.4, -0.2) is 53.1 Å². The number of benzene rings is 2. The van der Waals surface area contributed by atoms with Crippen molar-refractivity contribution in [2.75, 3.05) is 26.2 Å². The lowest BCUT2D eigenvalue weighted by molar-refractivity contribution is -0.136. The van der Waals surface area contributed by atoms with Crippen LogP contribution < -0.4 is 9.47 Å². The van der Waals surface area contributed by atoms with E-state index in [4.69, 9.17) is 9.47 Å². The molecule has 3 amide bonds. The zero-order chi connectivity index (χ0) is 25.5. The van der Waals surface area contributed by atoms with E-state index in [1.54, 1.807) is 41.3 Å². The molecule has 186 valence electrons. The normalized spacial score (nSPS) is 16.8. The molecule has 0 unspecified atom stereocenters. The summed E-state index contributed by atoms with van der Waals surface area (Å²) in [5, 5.41) is 8.84. The average Bonchev–Trinajstić information content (AvgIpc) is 3.16. The van der Waals surface area contributed by atoms with Gasteiger partial charge in [0.05, 0.1) is 23.1 Å². The summed E-state index contributed by atoms with van der Waals surface area (Å²) in [6.45, 7) is 3.56. The lowest BCUT2D eigenvalue weighted by Gasteiger charge is -2.27. The predicted molar refractivity (Wildman–Crippen MR) is 136 cm³/mol. The van der Waals surface area contributed by atoms with Gasteiger partial charge in [-0.25, -0.2) is 0 Å². The maximum absolute atomic E-state index is 12.9. The highest BCUT2D eigenvalue weighted by molar-refractivity contribution is 8.18. The van der Waals surface area contributed by atoms with Gasteiger partial charge in [0.25, 0.3) is 11.1 Å². The van der Waals surface area contributed by atoms with Gasteiger partial charge < -0.3 is 14.4 Å². The van der Waals surface area contributed by atoms with Gasteiger partial charge in [-0.1, -0.05) is 24.3 Å². The summed E-state index contributed by atoms with van der Waals surface area (Å²) in [7, 11) is 0. The van der Waals surface area contributed by atoms with Gasteiger partial charge in [-0.05, 0) is 67.8 Å². The third kappa shape index (κ3) is 5.89. The van der Waals surface area contributed by atoms with Crippen molar-refractivity contribution < 1.29 is 23.9 Å². The molecule has 0 aromatic heterocycles. The summed E-state index contributed by atoms with van der Waals surface area (Å²) in [4.78, 5) is 40.9. The van der Waals surface area contributed by atoms with E-state index in [9.17, 15) is 19.6 Å². The Kier molecular flexibility index (Phi) is 8.28. The van der Waals surface area contributed by atoms with Gasteiger partial charge in [0.1, 0.15) is 13.2 Å². The Morgan fingerprint density at radius 2 is 1.86 bits per heavy atom. The van der Waals surface area contributed by atoms with E-state index >= 15 is 0 Å². The van der Waals surface area contributed by atoms with Crippen molar-refractivity contribution >= 4 is 34.9 Å². The number of thioether (sulfide) groups is 1. The molecule has 4 rings (SSSR count). The van der Waals surface area contributed by atoms with Crippen molar-refractivity contribution in [1.29, 1.82) is 5.26 Å². The lowest BCUT2D eigenvalue weighted by Crippen LogP contribution is -2.44. The highest BCUT2D eigenvalue weighted by Gasteiger charge is 2.37. The molecule has 0 spiro atoms. The van der Waals surface area contributed by atoms with Crippen LogP contribution in [0.1, 0.15) is 42.9 Å². The number of piperidine rings is 1. The van der Waals surface area contributed by atoms with Gasteiger partial charge in [0, 0.05) is 18.7 Å². The molecular weight excluding hydrogens is 478 g/mol. The Morgan fingerprint density at radius 3 is 2.61 bits per heavy atom. The first-order valence-electron chi connectivity index (χ1n) is 11.9. The molecule has 8 nitrogen and oxygen atoms in total. The molecule has 0 saturated carbocycles. The summed E-state index contributed by atoms with van der Waals surface area (Å²) in [6, 6.07) is 14.6. The second-order valence-electron chi connectivity index (χ2n) is 8.41. The Bertz CT molecular complexity index is 1230. The fraction of sp³-hybridized carbons (Fsp3) is 0.333. The third-order valence-corrected chi connectivity index (χ3v) is 6.87. The molecule has 2 heterocycles. The minimum atomic E-state index is -0.471. The zero-order valence-electron chi connectivity index (χ0n) is 20.1. The van der Waals surface area contributed by atoms with Gasteiger partial charge in [-0.15, -0.1) is 0 Å². The number of likely N-dealkylation sites (tertiary alicyclic amines) is 1. The molecule has 0 aliphatic carbocycles. The highest BCUT2D eigenvalue weighted by atomic mass is 32.2. The van der Waals surface area contributed by atoms with Crippen molar-refractivity contribution in [3.8, 4) is 17.6 Å². The second kappa shape index (κ2) is 11.8. The van der Waals surface area contributed by atoms with Gasteiger partial charge >= 0.3 is 0 Å². The molecule has 0 atom stereocenters. The van der Waals surface area contributed by atoms with Crippen LogP contribution in [0.15, 0.2) is 47.4 Å². The van der Waals surface area contributed by atoms with E-state index in [1.807, 2.05) is 19.1 Å². The first-order chi connectivity index (χ1) is 17.5. The number of amides is 3. The molecule has 2 fully saturated rings.